The predicted octanol–water partition coefficient (Wildman–Crippen LogP) is 3.29. The first-order valence-electron chi connectivity index (χ1n) is 10.6. The lowest BCUT2D eigenvalue weighted by molar-refractivity contribution is -0.168. The van der Waals surface area contributed by atoms with Crippen LogP contribution in [0.25, 0.3) is 0 Å². The van der Waals surface area contributed by atoms with E-state index in [1.54, 1.807) is 0 Å². The first-order valence-corrected chi connectivity index (χ1v) is 10.6. The molecule has 2 saturated carbocycles. The summed E-state index contributed by atoms with van der Waals surface area (Å²) in [7, 11) is 4.13. The van der Waals surface area contributed by atoms with Crippen LogP contribution in [0.1, 0.15) is 70.6 Å². The maximum atomic E-state index is 6.00. The first-order chi connectivity index (χ1) is 12.9. The highest BCUT2D eigenvalue weighted by Gasteiger charge is 2.59. The van der Waals surface area contributed by atoms with E-state index in [9.17, 15) is 0 Å². The van der Waals surface area contributed by atoms with Crippen LogP contribution in [-0.2, 0) is 18.3 Å². The Morgan fingerprint density at radius 2 is 2.19 bits per heavy atom. The van der Waals surface area contributed by atoms with Gasteiger partial charge >= 0.3 is 0 Å². The zero-order valence-electron chi connectivity index (χ0n) is 18.0. The average molecular weight is 376 g/mol. The quantitative estimate of drug-likeness (QED) is 0.587. The van der Waals surface area contributed by atoms with Crippen LogP contribution in [0.5, 0.6) is 0 Å². The third-order valence-corrected chi connectivity index (χ3v) is 6.30. The number of guanidine groups is 1. The molecule has 1 N–H and O–H groups in total. The summed E-state index contributed by atoms with van der Waals surface area (Å²) in [6, 6.07) is 0.481. The van der Waals surface area contributed by atoms with E-state index in [0.717, 1.165) is 32.1 Å². The highest BCUT2D eigenvalue weighted by atomic mass is 16.5. The van der Waals surface area contributed by atoms with E-state index in [0.29, 0.717) is 23.5 Å². The number of hydrogen-bond donors (Lipinski definition) is 1. The van der Waals surface area contributed by atoms with E-state index < -0.39 is 0 Å². The molecule has 0 aromatic carbocycles. The van der Waals surface area contributed by atoms with Crippen molar-refractivity contribution < 1.29 is 4.74 Å². The standard InChI is InChI=1S/C21H37N5O/c1-7-22-20(23-17-12-18(27-8-2)21(17)10-9-11-21)25(5)13-16-14-26(6)24-19(16)15(3)4/h14-15,17-18H,7-13H2,1-6H3,(H,22,23). The van der Waals surface area contributed by atoms with Gasteiger partial charge in [0.25, 0.3) is 0 Å². The number of aliphatic imine (C=N–C) groups is 1. The Morgan fingerprint density at radius 3 is 2.74 bits per heavy atom. The van der Waals surface area contributed by atoms with Crippen LogP contribution < -0.4 is 5.32 Å². The van der Waals surface area contributed by atoms with Gasteiger partial charge in [-0.05, 0) is 39.0 Å². The van der Waals surface area contributed by atoms with E-state index in [1.807, 2.05) is 11.7 Å². The molecular weight excluding hydrogens is 338 g/mol. The fraction of sp³-hybridized carbons (Fsp3) is 0.810. The van der Waals surface area contributed by atoms with Crippen molar-refractivity contribution in [1.82, 2.24) is 20.0 Å². The average Bonchev–Trinajstić information content (AvgIpc) is 2.91. The van der Waals surface area contributed by atoms with Crippen LogP contribution in [0, 0.1) is 5.41 Å². The van der Waals surface area contributed by atoms with E-state index >= 15 is 0 Å². The van der Waals surface area contributed by atoms with E-state index in [2.05, 4.69) is 56.3 Å². The second kappa shape index (κ2) is 8.21. The van der Waals surface area contributed by atoms with E-state index in [4.69, 9.17) is 9.73 Å². The van der Waals surface area contributed by atoms with Crippen molar-refractivity contribution in [1.29, 1.82) is 0 Å². The molecule has 2 aliphatic carbocycles. The van der Waals surface area contributed by atoms with Gasteiger partial charge in [0.15, 0.2) is 5.96 Å². The SMILES string of the molecule is CCN=C(NC1CC(OCC)C12CCC2)N(C)Cc1cn(C)nc1C(C)C. The summed E-state index contributed by atoms with van der Waals surface area (Å²) in [5, 5.41) is 8.43. The van der Waals surface area contributed by atoms with Crippen molar-refractivity contribution in [2.45, 2.75) is 78.0 Å². The Balaban J connectivity index is 1.68. The highest BCUT2D eigenvalue weighted by Crippen LogP contribution is 2.57. The molecule has 2 unspecified atom stereocenters. The van der Waals surface area contributed by atoms with Gasteiger partial charge in [-0.1, -0.05) is 20.3 Å². The topological polar surface area (TPSA) is 54.7 Å². The first kappa shape index (κ1) is 20.2. The van der Waals surface area contributed by atoms with Crippen LogP contribution in [-0.4, -0.2) is 53.0 Å². The molecule has 152 valence electrons. The minimum atomic E-state index is 0.336. The third kappa shape index (κ3) is 3.86. The number of ether oxygens (including phenoxy) is 1. The number of aromatic nitrogens is 2. The van der Waals surface area contributed by atoms with Crippen molar-refractivity contribution in [3.05, 3.63) is 17.5 Å². The molecule has 3 rings (SSSR count). The van der Waals surface area contributed by atoms with Gasteiger partial charge in [-0.3, -0.25) is 9.67 Å². The van der Waals surface area contributed by atoms with Gasteiger partial charge in [0, 0.05) is 57.0 Å². The van der Waals surface area contributed by atoms with Crippen molar-refractivity contribution in [3.8, 4) is 0 Å². The summed E-state index contributed by atoms with van der Waals surface area (Å²) in [4.78, 5) is 7.02. The molecule has 0 saturated heterocycles. The Bertz CT molecular complexity index is 662. The molecule has 1 spiro atoms. The van der Waals surface area contributed by atoms with Gasteiger partial charge < -0.3 is 15.0 Å². The molecule has 2 fully saturated rings. The Hall–Kier alpha value is -1.56. The van der Waals surface area contributed by atoms with Crippen LogP contribution in [0.3, 0.4) is 0 Å². The molecule has 0 aliphatic heterocycles. The summed E-state index contributed by atoms with van der Waals surface area (Å²) in [5.41, 5.74) is 2.79. The van der Waals surface area contributed by atoms with Crippen molar-refractivity contribution >= 4 is 5.96 Å². The van der Waals surface area contributed by atoms with Crippen molar-refractivity contribution in [2.24, 2.45) is 17.5 Å². The van der Waals surface area contributed by atoms with Gasteiger partial charge in [0.2, 0.25) is 0 Å². The second-order valence-electron chi connectivity index (χ2n) is 8.49. The van der Waals surface area contributed by atoms with Gasteiger partial charge in [-0.15, -0.1) is 0 Å². The molecular formula is C21H37N5O. The maximum Gasteiger partial charge on any atom is 0.194 e. The number of rotatable bonds is 7. The lowest BCUT2D eigenvalue weighted by Crippen LogP contribution is -2.68. The molecule has 0 amide bonds. The summed E-state index contributed by atoms with van der Waals surface area (Å²) in [5.74, 6) is 1.42. The van der Waals surface area contributed by atoms with E-state index in [-0.39, 0.29) is 0 Å². The van der Waals surface area contributed by atoms with Crippen LogP contribution in [0.15, 0.2) is 11.2 Å². The number of hydrogen-bond acceptors (Lipinski definition) is 3. The van der Waals surface area contributed by atoms with Crippen LogP contribution in [0.2, 0.25) is 0 Å². The number of aryl methyl sites for hydroxylation is 1. The zero-order chi connectivity index (χ0) is 19.6. The fourth-order valence-corrected chi connectivity index (χ4v) is 4.72. The summed E-state index contributed by atoms with van der Waals surface area (Å²) in [6.07, 6.45) is 7.53. The van der Waals surface area contributed by atoms with Crippen molar-refractivity contribution in [3.63, 3.8) is 0 Å². The molecule has 1 aromatic heterocycles. The Kier molecular flexibility index (Phi) is 6.14. The minimum Gasteiger partial charge on any atom is -0.378 e. The Labute approximate surface area is 164 Å². The van der Waals surface area contributed by atoms with Gasteiger partial charge in [-0.25, -0.2) is 0 Å². The smallest absolute Gasteiger partial charge is 0.194 e. The largest absolute Gasteiger partial charge is 0.378 e. The molecule has 6 nitrogen and oxygen atoms in total. The molecule has 0 bridgehead atoms. The highest BCUT2D eigenvalue weighted by molar-refractivity contribution is 5.80. The van der Waals surface area contributed by atoms with Gasteiger partial charge in [0.05, 0.1) is 11.8 Å². The third-order valence-electron chi connectivity index (χ3n) is 6.30. The summed E-state index contributed by atoms with van der Waals surface area (Å²) >= 11 is 0. The molecule has 6 heteroatoms. The normalized spacial score (nSPS) is 24.0. The number of nitrogens with zero attached hydrogens (tertiary/aromatic N) is 4. The lowest BCUT2D eigenvalue weighted by atomic mass is 9.51. The molecule has 27 heavy (non-hydrogen) atoms. The summed E-state index contributed by atoms with van der Waals surface area (Å²) in [6.45, 7) is 11.0. The molecule has 2 aliphatic rings. The van der Waals surface area contributed by atoms with E-state index in [1.165, 1.54) is 30.5 Å². The molecule has 0 radical (unpaired) electrons. The van der Waals surface area contributed by atoms with Gasteiger partial charge in [-0.2, -0.15) is 5.10 Å². The fourth-order valence-electron chi connectivity index (χ4n) is 4.72. The lowest BCUT2D eigenvalue weighted by Gasteiger charge is -2.61. The molecule has 2 atom stereocenters. The summed E-state index contributed by atoms with van der Waals surface area (Å²) < 4.78 is 7.92. The monoisotopic (exact) mass is 375 g/mol. The maximum absolute atomic E-state index is 6.00. The minimum absolute atomic E-state index is 0.336. The van der Waals surface area contributed by atoms with Gasteiger partial charge in [0.1, 0.15) is 0 Å². The van der Waals surface area contributed by atoms with Crippen LogP contribution >= 0.6 is 0 Å². The van der Waals surface area contributed by atoms with Crippen LogP contribution in [0.4, 0.5) is 0 Å². The molecule has 1 heterocycles. The second-order valence-corrected chi connectivity index (χ2v) is 8.49. The number of nitrogens with one attached hydrogen (secondary N) is 1. The van der Waals surface area contributed by atoms with Crippen molar-refractivity contribution in [2.75, 3.05) is 20.2 Å². The Morgan fingerprint density at radius 1 is 1.44 bits per heavy atom. The molecule has 1 aromatic rings. The predicted molar refractivity (Wildman–Crippen MR) is 110 cm³/mol. The zero-order valence-corrected chi connectivity index (χ0v) is 18.0.